The van der Waals surface area contributed by atoms with E-state index >= 15 is 0 Å². The second kappa shape index (κ2) is 12.2. The molecule has 2 fully saturated rings. The molecule has 0 aromatic heterocycles. The van der Waals surface area contributed by atoms with Gasteiger partial charge in [-0.25, -0.2) is 4.39 Å². The van der Waals surface area contributed by atoms with E-state index in [1.54, 1.807) is 6.07 Å². The van der Waals surface area contributed by atoms with Crippen LogP contribution in [0.25, 0.3) is 0 Å². The number of unbranched alkanes of at least 4 members (excludes halogenated alkanes) is 4. The Morgan fingerprint density at radius 1 is 1.13 bits per heavy atom. The van der Waals surface area contributed by atoms with Crippen molar-refractivity contribution in [3.05, 3.63) is 29.6 Å². The molecule has 170 valence electrons. The SMILES string of the molecule is CCCCCCCC1COC(C2CCC(C(=O)Oc3ccc(C#N)c(F)c3)CC2)OC1. The van der Waals surface area contributed by atoms with Crippen LogP contribution in [0.1, 0.15) is 76.7 Å². The summed E-state index contributed by atoms with van der Waals surface area (Å²) < 4.78 is 31.1. The normalized spacial score (nSPS) is 26.2. The van der Waals surface area contributed by atoms with E-state index in [1.165, 1.54) is 50.7 Å². The van der Waals surface area contributed by atoms with Crippen molar-refractivity contribution >= 4 is 5.97 Å². The molecule has 3 rings (SSSR count). The highest BCUT2D eigenvalue weighted by molar-refractivity contribution is 5.75. The maximum absolute atomic E-state index is 13.7. The Kier molecular flexibility index (Phi) is 9.30. The molecule has 31 heavy (non-hydrogen) atoms. The Labute approximate surface area is 184 Å². The summed E-state index contributed by atoms with van der Waals surface area (Å²) in [5.74, 6) is -0.268. The summed E-state index contributed by atoms with van der Waals surface area (Å²) in [5, 5.41) is 8.79. The topological polar surface area (TPSA) is 68.5 Å². The summed E-state index contributed by atoms with van der Waals surface area (Å²) in [5.41, 5.74) is -0.0634. The molecule has 0 radical (unpaired) electrons. The molecule has 0 unspecified atom stereocenters. The van der Waals surface area contributed by atoms with Crippen LogP contribution in [0, 0.1) is 34.9 Å². The monoisotopic (exact) mass is 431 g/mol. The van der Waals surface area contributed by atoms with Gasteiger partial charge in [0.2, 0.25) is 0 Å². The quantitative estimate of drug-likeness (QED) is 0.282. The number of halogens is 1. The second-order valence-electron chi connectivity index (χ2n) is 8.89. The lowest BCUT2D eigenvalue weighted by molar-refractivity contribution is -0.230. The van der Waals surface area contributed by atoms with Gasteiger partial charge < -0.3 is 14.2 Å². The van der Waals surface area contributed by atoms with E-state index < -0.39 is 5.82 Å². The van der Waals surface area contributed by atoms with Crippen LogP contribution in [0.5, 0.6) is 5.75 Å². The molecular weight excluding hydrogens is 397 g/mol. The van der Waals surface area contributed by atoms with Crippen LogP contribution in [0.3, 0.4) is 0 Å². The van der Waals surface area contributed by atoms with Crippen LogP contribution in [0.4, 0.5) is 4.39 Å². The van der Waals surface area contributed by atoms with E-state index in [0.717, 1.165) is 32.1 Å². The fourth-order valence-electron chi connectivity index (χ4n) is 4.51. The number of esters is 1. The van der Waals surface area contributed by atoms with E-state index in [4.69, 9.17) is 19.5 Å². The maximum atomic E-state index is 13.7. The molecule has 2 aliphatic rings. The van der Waals surface area contributed by atoms with Gasteiger partial charge in [-0.1, -0.05) is 39.0 Å². The second-order valence-corrected chi connectivity index (χ2v) is 8.89. The van der Waals surface area contributed by atoms with E-state index in [9.17, 15) is 9.18 Å². The number of ether oxygens (including phenoxy) is 3. The fraction of sp³-hybridized carbons (Fsp3) is 0.680. The van der Waals surface area contributed by atoms with Crippen LogP contribution in [-0.4, -0.2) is 25.5 Å². The average Bonchev–Trinajstić information content (AvgIpc) is 2.79. The van der Waals surface area contributed by atoms with Gasteiger partial charge >= 0.3 is 5.97 Å². The van der Waals surface area contributed by atoms with E-state index in [-0.39, 0.29) is 29.5 Å². The van der Waals surface area contributed by atoms with Gasteiger partial charge in [-0.2, -0.15) is 5.26 Å². The van der Waals surface area contributed by atoms with E-state index in [1.807, 2.05) is 0 Å². The first-order chi connectivity index (χ1) is 15.1. The van der Waals surface area contributed by atoms with E-state index in [0.29, 0.717) is 24.7 Å². The Hall–Kier alpha value is -1.97. The van der Waals surface area contributed by atoms with Crippen molar-refractivity contribution in [1.82, 2.24) is 0 Å². The zero-order valence-electron chi connectivity index (χ0n) is 18.5. The number of hydrogen-bond donors (Lipinski definition) is 0. The molecule has 1 saturated carbocycles. The number of carbonyl (C=O) groups excluding carboxylic acids is 1. The number of nitrogens with zero attached hydrogens (tertiary/aromatic N) is 1. The number of rotatable bonds is 9. The maximum Gasteiger partial charge on any atom is 0.314 e. The largest absolute Gasteiger partial charge is 0.426 e. The molecule has 0 amide bonds. The number of carbonyl (C=O) groups is 1. The summed E-state index contributed by atoms with van der Waals surface area (Å²) in [6.45, 7) is 3.77. The Morgan fingerprint density at radius 3 is 2.48 bits per heavy atom. The van der Waals surface area contributed by atoms with Crippen LogP contribution in [0.2, 0.25) is 0 Å². The highest BCUT2D eigenvalue weighted by Crippen LogP contribution is 2.35. The molecule has 0 bridgehead atoms. The van der Waals surface area contributed by atoms with Crippen molar-refractivity contribution in [3.8, 4) is 11.8 Å². The van der Waals surface area contributed by atoms with Gasteiger partial charge in [-0.15, -0.1) is 0 Å². The average molecular weight is 432 g/mol. The molecular formula is C25H34FNO4. The van der Waals surface area contributed by atoms with Crippen molar-refractivity contribution in [2.45, 2.75) is 77.4 Å². The molecule has 5 nitrogen and oxygen atoms in total. The van der Waals surface area contributed by atoms with Crippen molar-refractivity contribution < 1.29 is 23.4 Å². The van der Waals surface area contributed by atoms with Gasteiger partial charge in [0.1, 0.15) is 17.6 Å². The first-order valence-electron chi connectivity index (χ1n) is 11.7. The van der Waals surface area contributed by atoms with Gasteiger partial charge in [-0.05, 0) is 44.2 Å². The standard InChI is InChI=1S/C25H34FNO4/c1-2-3-4-5-6-7-18-16-29-25(30-17-18)20-10-8-19(9-11-20)24(28)31-22-13-12-21(15-27)23(26)14-22/h12-14,18-20,25H,2-11,16-17H2,1H3. The lowest BCUT2D eigenvalue weighted by Crippen LogP contribution is -2.39. The smallest absolute Gasteiger partial charge is 0.314 e. The molecule has 1 aliphatic heterocycles. The minimum atomic E-state index is -0.678. The highest BCUT2D eigenvalue weighted by atomic mass is 19.1. The van der Waals surface area contributed by atoms with Crippen molar-refractivity contribution in [2.24, 2.45) is 17.8 Å². The first kappa shape index (κ1) is 23.7. The zero-order chi connectivity index (χ0) is 22.1. The number of benzene rings is 1. The first-order valence-corrected chi connectivity index (χ1v) is 11.7. The molecule has 1 saturated heterocycles. The lowest BCUT2D eigenvalue weighted by atomic mass is 9.81. The van der Waals surface area contributed by atoms with Crippen LogP contribution >= 0.6 is 0 Å². The molecule has 1 aromatic rings. The van der Waals surface area contributed by atoms with Gasteiger partial charge in [0.15, 0.2) is 6.29 Å². The summed E-state index contributed by atoms with van der Waals surface area (Å²) in [4.78, 5) is 12.5. The van der Waals surface area contributed by atoms with Gasteiger partial charge in [0.05, 0.1) is 24.7 Å². The predicted octanol–water partition coefficient (Wildman–Crippen LogP) is 5.76. The predicted molar refractivity (Wildman–Crippen MR) is 115 cm³/mol. The highest BCUT2D eigenvalue weighted by Gasteiger charge is 2.35. The zero-order valence-corrected chi connectivity index (χ0v) is 18.5. The van der Waals surface area contributed by atoms with E-state index in [2.05, 4.69) is 6.92 Å². The summed E-state index contributed by atoms with van der Waals surface area (Å²) in [6, 6.07) is 5.62. The van der Waals surface area contributed by atoms with Crippen LogP contribution < -0.4 is 4.74 Å². The number of hydrogen-bond acceptors (Lipinski definition) is 5. The summed E-state index contributed by atoms with van der Waals surface area (Å²) in [6.07, 6.45) is 10.6. The lowest BCUT2D eigenvalue weighted by Gasteiger charge is -2.37. The van der Waals surface area contributed by atoms with Gasteiger partial charge in [0.25, 0.3) is 0 Å². The molecule has 1 heterocycles. The fourth-order valence-corrected chi connectivity index (χ4v) is 4.51. The van der Waals surface area contributed by atoms with Crippen LogP contribution in [0.15, 0.2) is 18.2 Å². The van der Waals surface area contributed by atoms with Crippen molar-refractivity contribution in [1.29, 1.82) is 5.26 Å². The minimum Gasteiger partial charge on any atom is -0.426 e. The summed E-state index contributed by atoms with van der Waals surface area (Å²) in [7, 11) is 0. The third-order valence-electron chi connectivity index (χ3n) is 6.48. The Morgan fingerprint density at radius 2 is 1.84 bits per heavy atom. The molecule has 1 aliphatic carbocycles. The van der Waals surface area contributed by atoms with Crippen LogP contribution in [-0.2, 0) is 14.3 Å². The minimum absolute atomic E-state index is 0.0634. The summed E-state index contributed by atoms with van der Waals surface area (Å²) >= 11 is 0. The Bertz CT molecular complexity index is 746. The third kappa shape index (κ3) is 7.02. The molecule has 0 N–H and O–H groups in total. The Balaban J connectivity index is 1.35. The molecule has 6 heteroatoms. The molecule has 0 spiro atoms. The van der Waals surface area contributed by atoms with Gasteiger partial charge in [-0.3, -0.25) is 4.79 Å². The molecule has 0 atom stereocenters. The van der Waals surface area contributed by atoms with Crippen molar-refractivity contribution in [3.63, 3.8) is 0 Å². The number of nitriles is 1. The third-order valence-corrected chi connectivity index (χ3v) is 6.48. The van der Waals surface area contributed by atoms with Crippen molar-refractivity contribution in [2.75, 3.05) is 13.2 Å². The van der Waals surface area contributed by atoms with Gasteiger partial charge in [0, 0.05) is 17.9 Å². The molecule has 1 aromatic carbocycles.